The molecule has 2 aliphatic heterocycles. The predicted octanol–water partition coefficient (Wildman–Crippen LogP) is 3.09. The van der Waals surface area contributed by atoms with Crippen molar-refractivity contribution in [3.63, 3.8) is 0 Å². The van der Waals surface area contributed by atoms with Gasteiger partial charge in [-0.2, -0.15) is 0 Å². The number of carbonyl (C=O) groups excluding carboxylic acids is 2. The summed E-state index contributed by atoms with van der Waals surface area (Å²) in [5, 5.41) is 4.41. The van der Waals surface area contributed by atoms with E-state index in [1.165, 1.54) is 46.9 Å². The van der Waals surface area contributed by atoms with Crippen LogP contribution in [0.3, 0.4) is 0 Å². The van der Waals surface area contributed by atoms with E-state index in [2.05, 4.69) is 5.32 Å². The summed E-state index contributed by atoms with van der Waals surface area (Å²) in [5.41, 5.74) is 1.25. The molecular weight excluding hydrogens is 452 g/mol. The fourth-order valence-electron chi connectivity index (χ4n) is 4.20. The van der Waals surface area contributed by atoms with Crippen molar-refractivity contribution in [3.8, 4) is 5.75 Å². The van der Waals surface area contributed by atoms with Crippen LogP contribution in [0.15, 0.2) is 58.4 Å². The largest absolute Gasteiger partial charge is 0.420 e. The van der Waals surface area contributed by atoms with Crippen LogP contribution in [-0.4, -0.2) is 23.2 Å². The van der Waals surface area contributed by atoms with E-state index in [0.717, 1.165) is 12.5 Å². The van der Waals surface area contributed by atoms with Gasteiger partial charge in [-0.05, 0) is 34.9 Å². The molecule has 0 bridgehead atoms. The highest BCUT2D eigenvalue weighted by Gasteiger charge is 2.36. The summed E-state index contributed by atoms with van der Waals surface area (Å²) in [6, 6.07) is 9.68. The number of esters is 1. The summed E-state index contributed by atoms with van der Waals surface area (Å²) < 4.78 is 35.4. The summed E-state index contributed by atoms with van der Waals surface area (Å²) in [6.45, 7) is 1.14. The van der Waals surface area contributed by atoms with E-state index in [1.54, 1.807) is 23.2 Å². The maximum Gasteiger partial charge on any atom is 0.308 e. The second-order valence-electron chi connectivity index (χ2n) is 7.59. The molecule has 0 saturated heterocycles. The molecule has 1 aromatic heterocycles. The van der Waals surface area contributed by atoms with E-state index in [1.807, 2.05) is 0 Å². The highest BCUT2D eigenvalue weighted by molar-refractivity contribution is 7.98. The van der Waals surface area contributed by atoms with Crippen LogP contribution in [0.1, 0.15) is 40.1 Å². The molecule has 1 unspecified atom stereocenters. The van der Waals surface area contributed by atoms with Crippen molar-refractivity contribution < 1.29 is 23.1 Å². The molecule has 0 fully saturated rings. The number of aromatic nitrogens is 1. The van der Waals surface area contributed by atoms with Crippen molar-refractivity contribution in [2.45, 2.75) is 23.6 Å². The maximum atomic E-state index is 14.8. The quantitative estimate of drug-likeness (QED) is 0.581. The molecule has 5 rings (SSSR count). The van der Waals surface area contributed by atoms with Crippen molar-refractivity contribution in [2.24, 2.45) is 0 Å². The topological polar surface area (TPSA) is 80.6 Å². The number of fused-ring (bicyclic) bond motifs is 3. The van der Waals surface area contributed by atoms with E-state index in [-0.39, 0.29) is 12.4 Å². The fourth-order valence-corrected chi connectivity index (χ4v) is 5.30. The number of ether oxygens (including phenoxy) is 1. The number of amides is 1. The predicted molar refractivity (Wildman–Crippen MR) is 117 cm³/mol. The van der Waals surface area contributed by atoms with Gasteiger partial charge in [-0.25, -0.2) is 8.78 Å². The first-order valence-electron chi connectivity index (χ1n) is 10.0. The molecule has 7 nitrogen and oxygen atoms in total. The Morgan fingerprint density at radius 2 is 1.97 bits per heavy atom. The summed E-state index contributed by atoms with van der Waals surface area (Å²) >= 11 is 1.27. The van der Waals surface area contributed by atoms with Crippen molar-refractivity contribution in [1.29, 1.82) is 0 Å². The third kappa shape index (κ3) is 3.56. The summed E-state index contributed by atoms with van der Waals surface area (Å²) in [7, 11) is 0. The number of benzene rings is 2. The molecular formula is C23H17F2N3O4S. The Kier molecular flexibility index (Phi) is 5.16. The van der Waals surface area contributed by atoms with Crippen LogP contribution in [0.5, 0.6) is 5.75 Å². The molecule has 1 atom stereocenters. The van der Waals surface area contributed by atoms with Gasteiger partial charge >= 0.3 is 5.97 Å². The monoisotopic (exact) mass is 469 g/mol. The number of nitrogens with zero attached hydrogens (tertiary/aromatic N) is 2. The van der Waals surface area contributed by atoms with Crippen LogP contribution in [-0.2, 0) is 10.5 Å². The summed E-state index contributed by atoms with van der Waals surface area (Å²) in [6.07, 6.45) is 1.41. The zero-order valence-electron chi connectivity index (χ0n) is 17.3. The molecule has 2 aliphatic rings. The third-order valence-electron chi connectivity index (χ3n) is 5.54. The lowest BCUT2D eigenvalue weighted by Gasteiger charge is -2.40. The molecule has 0 saturated carbocycles. The number of rotatable bonds is 2. The van der Waals surface area contributed by atoms with E-state index >= 15 is 0 Å². The van der Waals surface area contributed by atoms with E-state index in [4.69, 9.17) is 4.74 Å². The van der Waals surface area contributed by atoms with Gasteiger partial charge in [-0.3, -0.25) is 24.1 Å². The first-order valence-corrected chi connectivity index (χ1v) is 11.0. The standard InChI is InChI=1S/C23H17F2N3O4S/c1-12(29)32-21-18(30)7-8-27-20(21)23(31)26-11-28(27)19-15-6-5-14(24)9-13(15)10-33-22-16(19)3-2-4-17(22)25/h2-9,19H,10-11H2,1H3,(H,26,31). The highest BCUT2D eigenvalue weighted by Crippen LogP contribution is 2.43. The van der Waals surface area contributed by atoms with Gasteiger partial charge in [-0.1, -0.05) is 18.2 Å². The number of hydrogen-bond acceptors (Lipinski definition) is 6. The number of nitrogens with one attached hydrogen (secondary N) is 1. The smallest absolute Gasteiger partial charge is 0.308 e. The van der Waals surface area contributed by atoms with Crippen molar-refractivity contribution in [1.82, 2.24) is 9.99 Å². The van der Waals surface area contributed by atoms with E-state index < -0.39 is 40.7 Å². The zero-order valence-corrected chi connectivity index (χ0v) is 18.1. The molecule has 2 aromatic carbocycles. The van der Waals surface area contributed by atoms with Crippen molar-refractivity contribution in [2.75, 3.05) is 11.7 Å². The molecule has 1 amide bonds. The molecule has 1 N–H and O–H groups in total. The lowest BCUT2D eigenvalue weighted by molar-refractivity contribution is -0.132. The van der Waals surface area contributed by atoms with E-state index in [9.17, 15) is 23.2 Å². The number of hydrogen-bond donors (Lipinski definition) is 1. The average Bonchev–Trinajstić information content (AvgIpc) is 2.93. The molecule has 3 heterocycles. The van der Waals surface area contributed by atoms with Gasteiger partial charge in [0.05, 0.1) is 6.04 Å². The zero-order chi connectivity index (χ0) is 23.3. The van der Waals surface area contributed by atoms with Crippen LogP contribution < -0.4 is 20.5 Å². The highest BCUT2D eigenvalue weighted by atomic mass is 32.2. The van der Waals surface area contributed by atoms with Crippen LogP contribution in [0.25, 0.3) is 0 Å². The molecule has 0 aliphatic carbocycles. The molecule has 168 valence electrons. The minimum absolute atomic E-state index is 0.0102. The molecule has 33 heavy (non-hydrogen) atoms. The lowest BCUT2D eigenvalue weighted by atomic mass is 9.94. The van der Waals surface area contributed by atoms with Crippen molar-refractivity contribution >= 4 is 23.6 Å². The third-order valence-corrected chi connectivity index (χ3v) is 6.71. The minimum Gasteiger partial charge on any atom is -0.420 e. The van der Waals surface area contributed by atoms with Crippen LogP contribution >= 0.6 is 11.8 Å². The number of thioether (sulfide) groups is 1. The van der Waals surface area contributed by atoms with Crippen LogP contribution in [0.4, 0.5) is 8.78 Å². The molecule has 10 heteroatoms. The number of carbonyl (C=O) groups is 2. The van der Waals surface area contributed by atoms with Gasteiger partial charge in [0, 0.05) is 29.8 Å². The maximum absolute atomic E-state index is 14.8. The SMILES string of the molecule is CC(=O)Oc1c2n(ccc1=O)N(C1c3ccc(F)cc3CSc3c(F)cccc31)CNC2=O. The Hall–Kier alpha value is -3.66. The van der Waals surface area contributed by atoms with Gasteiger partial charge in [0.2, 0.25) is 11.2 Å². The van der Waals surface area contributed by atoms with Gasteiger partial charge in [-0.15, -0.1) is 11.8 Å². The first-order chi connectivity index (χ1) is 15.8. The number of halogens is 2. The molecule has 0 radical (unpaired) electrons. The summed E-state index contributed by atoms with van der Waals surface area (Å²) in [4.78, 5) is 37.1. The minimum atomic E-state index is -0.745. The second kappa shape index (κ2) is 8.04. The second-order valence-corrected chi connectivity index (χ2v) is 8.58. The lowest BCUT2D eigenvalue weighted by Crippen LogP contribution is -2.54. The van der Waals surface area contributed by atoms with E-state index in [0.29, 0.717) is 21.8 Å². The Morgan fingerprint density at radius 3 is 2.76 bits per heavy atom. The van der Waals surface area contributed by atoms with Gasteiger partial charge in [0.15, 0.2) is 5.69 Å². The average molecular weight is 469 g/mol. The Bertz CT molecular complexity index is 1370. The summed E-state index contributed by atoms with van der Waals surface area (Å²) in [5.74, 6) is -2.20. The fraction of sp³-hybridized carbons (Fsp3) is 0.174. The van der Waals surface area contributed by atoms with Gasteiger partial charge in [0.1, 0.15) is 18.3 Å². The normalized spacial score (nSPS) is 16.8. The Labute approximate surface area is 190 Å². The Balaban J connectivity index is 1.77. The Morgan fingerprint density at radius 1 is 1.15 bits per heavy atom. The van der Waals surface area contributed by atoms with Crippen molar-refractivity contribution in [3.05, 3.63) is 92.9 Å². The van der Waals surface area contributed by atoms with Gasteiger partial charge < -0.3 is 10.1 Å². The first kappa shape index (κ1) is 21.2. The van der Waals surface area contributed by atoms with Crippen LogP contribution in [0.2, 0.25) is 0 Å². The number of pyridine rings is 1. The molecule has 0 spiro atoms. The van der Waals surface area contributed by atoms with Gasteiger partial charge in [0.25, 0.3) is 5.91 Å². The molecule has 3 aromatic rings. The van der Waals surface area contributed by atoms with Crippen LogP contribution in [0, 0.1) is 11.6 Å².